The van der Waals surface area contributed by atoms with Gasteiger partial charge < -0.3 is 14.3 Å². The van der Waals surface area contributed by atoms with Gasteiger partial charge in [0.15, 0.2) is 6.29 Å². The zero-order valence-corrected chi connectivity index (χ0v) is 11.8. The maximum Gasteiger partial charge on any atom is 0.498 e. The van der Waals surface area contributed by atoms with Gasteiger partial charge in [0.1, 0.15) is 11.5 Å². The fourth-order valence-electron chi connectivity index (χ4n) is 1.63. The number of hydrogen-bond acceptors (Lipinski definition) is 5. The minimum Gasteiger partial charge on any atom is -0.356 e. The molecule has 5 nitrogen and oxygen atoms in total. The smallest absolute Gasteiger partial charge is 0.356 e. The number of carbonyl (C=O) groups is 1. The van der Waals surface area contributed by atoms with Crippen LogP contribution in [-0.4, -0.2) is 46.0 Å². The average molecular weight is 306 g/mol. The van der Waals surface area contributed by atoms with Crippen molar-refractivity contribution in [3.05, 3.63) is 0 Å². The highest BCUT2D eigenvalue weighted by Gasteiger charge is 2.55. The van der Waals surface area contributed by atoms with Crippen molar-refractivity contribution in [3.8, 4) is 0 Å². The maximum absolute atomic E-state index is 12.5. The molecular weight excluding hydrogens is 289 g/mol. The van der Waals surface area contributed by atoms with E-state index in [1.165, 1.54) is 28.1 Å². The minimum atomic E-state index is -5.59. The van der Waals surface area contributed by atoms with Crippen LogP contribution in [0.1, 0.15) is 20.3 Å². The molecule has 114 valence electrons. The highest BCUT2D eigenvalue weighted by Crippen LogP contribution is 2.38. The second-order valence-electron chi connectivity index (χ2n) is 4.64. The van der Waals surface area contributed by atoms with Crippen LogP contribution in [0, 0.1) is 5.41 Å². The molecule has 0 rings (SSSR count). The molecule has 0 bridgehead atoms. The summed E-state index contributed by atoms with van der Waals surface area (Å²) in [6.45, 7) is 2.47. The van der Waals surface area contributed by atoms with Gasteiger partial charge in [0, 0.05) is 20.6 Å². The fraction of sp³-hybridized carbons (Fsp3) is 0.900. The van der Waals surface area contributed by atoms with Gasteiger partial charge in [-0.1, -0.05) is 13.8 Å². The Morgan fingerprint density at radius 3 is 1.84 bits per heavy atom. The van der Waals surface area contributed by atoms with Gasteiger partial charge in [-0.05, 0) is 5.41 Å². The predicted octanol–water partition coefficient (Wildman–Crippen LogP) is 1.52. The van der Waals surface area contributed by atoms with Crippen LogP contribution in [0.2, 0.25) is 0 Å². The molecule has 0 aliphatic heterocycles. The molecule has 0 radical (unpaired) electrons. The molecule has 9 heteroatoms. The van der Waals surface area contributed by atoms with E-state index in [-0.39, 0.29) is 12.7 Å². The molecule has 0 heterocycles. The summed E-state index contributed by atoms with van der Waals surface area (Å²) in [5, 5.41) is -2.22. The topological polar surface area (TPSA) is 69.7 Å². The van der Waals surface area contributed by atoms with Gasteiger partial charge in [-0.3, -0.25) is 0 Å². The summed E-state index contributed by atoms with van der Waals surface area (Å²) in [4.78, 5) is 10.8. The van der Waals surface area contributed by atoms with Gasteiger partial charge >= 0.3 is 5.51 Å². The number of ether oxygens (including phenoxy) is 2. The van der Waals surface area contributed by atoms with Crippen LogP contribution < -0.4 is 0 Å². The van der Waals surface area contributed by atoms with Crippen molar-refractivity contribution < 1.29 is 35.9 Å². The van der Waals surface area contributed by atoms with Crippen LogP contribution in [-0.2, 0) is 24.1 Å². The summed E-state index contributed by atoms with van der Waals surface area (Å²) in [5.41, 5.74) is -6.97. The van der Waals surface area contributed by atoms with Crippen molar-refractivity contribution in [1.29, 1.82) is 0 Å². The van der Waals surface area contributed by atoms with Gasteiger partial charge in [0.25, 0.3) is 9.84 Å². The van der Waals surface area contributed by atoms with Crippen LogP contribution >= 0.6 is 0 Å². The Kier molecular flexibility index (Phi) is 5.97. The molecule has 0 aliphatic carbocycles. The summed E-state index contributed by atoms with van der Waals surface area (Å²) in [6.07, 6.45) is -1.29. The highest BCUT2D eigenvalue weighted by atomic mass is 32.2. The van der Waals surface area contributed by atoms with Gasteiger partial charge in [-0.15, -0.1) is 0 Å². The van der Waals surface area contributed by atoms with E-state index in [1.54, 1.807) is 0 Å². The first-order valence-electron chi connectivity index (χ1n) is 5.25. The van der Waals surface area contributed by atoms with E-state index in [2.05, 4.69) is 0 Å². The number of rotatable bonds is 7. The van der Waals surface area contributed by atoms with Crippen molar-refractivity contribution in [2.24, 2.45) is 5.41 Å². The summed E-state index contributed by atoms with van der Waals surface area (Å²) < 4.78 is 69.8. The van der Waals surface area contributed by atoms with E-state index in [9.17, 15) is 26.4 Å². The zero-order chi connectivity index (χ0) is 15.5. The molecule has 0 aliphatic rings. The van der Waals surface area contributed by atoms with Crippen molar-refractivity contribution in [2.75, 3.05) is 14.2 Å². The molecule has 1 atom stereocenters. The van der Waals surface area contributed by atoms with E-state index in [4.69, 9.17) is 9.47 Å². The molecule has 0 amide bonds. The quantitative estimate of drug-likeness (QED) is 0.527. The fourth-order valence-corrected chi connectivity index (χ4v) is 3.00. The Hall–Kier alpha value is -0.670. The minimum absolute atomic E-state index is 0.182. The Morgan fingerprint density at radius 2 is 1.58 bits per heavy atom. The van der Waals surface area contributed by atoms with E-state index in [0.717, 1.165) is 0 Å². The first-order valence-corrected chi connectivity index (χ1v) is 6.79. The largest absolute Gasteiger partial charge is 0.498 e. The Bertz CT molecular complexity index is 398. The van der Waals surface area contributed by atoms with Crippen LogP contribution in [0.25, 0.3) is 0 Å². The second-order valence-corrected chi connectivity index (χ2v) is 6.70. The van der Waals surface area contributed by atoms with Crippen molar-refractivity contribution in [1.82, 2.24) is 0 Å². The number of hydrogen-bond donors (Lipinski definition) is 0. The number of methoxy groups -OCH3 is 2. The lowest BCUT2D eigenvalue weighted by Gasteiger charge is -2.33. The average Bonchev–Trinajstić information content (AvgIpc) is 2.24. The molecule has 0 fully saturated rings. The Balaban J connectivity index is 5.42. The zero-order valence-electron chi connectivity index (χ0n) is 11.0. The molecule has 0 aromatic heterocycles. The Labute approximate surface area is 110 Å². The van der Waals surface area contributed by atoms with Crippen molar-refractivity contribution in [3.63, 3.8) is 0 Å². The number of carbonyl (C=O) groups excluding carboxylic acids is 1. The van der Waals surface area contributed by atoms with Gasteiger partial charge in [0.2, 0.25) is 0 Å². The molecule has 0 saturated heterocycles. The van der Waals surface area contributed by atoms with E-state index < -0.39 is 32.3 Å². The molecule has 1 unspecified atom stereocenters. The van der Waals surface area contributed by atoms with Crippen molar-refractivity contribution in [2.45, 2.75) is 37.3 Å². The summed E-state index contributed by atoms with van der Waals surface area (Å²) in [5.74, 6) is 0. The molecule has 19 heavy (non-hydrogen) atoms. The molecule has 0 aromatic rings. The van der Waals surface area contributed by atoms with E-state index in [0.29, 0.717) is 0 Å². The second kappa shape index (κ2) is 6.19. The first kappa shape index (κ1) is 18.3. The third-order valence-corrected chi connectivity index (χ3v) is 4.83. The molecule has 0 aromatic carbocycles. The molecule has 0 saturated carbocycles. The summed E-state index contributed by atoms with van der Waals surface area (Å²) in [6, 6.07) is 0. The number of alkyl halides is 3. The number of aldehydes is 1. The van der Waals surface area contributed by atoms with Crippen LogP contribution in [0.5, 0.6) is 0 Å². The lowest BCUT2D eigenvalue weighted by molar-refractivity contribution is -0.126. The van der Waals surface area contributed by atoms with Gasteiger partial charge in [-0.25, -0.2) is 8.42 Å². The normalized spacial score (nSPS) is 15.6. The summed E-state index contributed by atoms with van der Waals surface area (Å²) >= 11 is 0. The standard InChI is InChI=1S/C10H17F3O5S/c1-9(2,5-8(17-3)18-4)7(6-14)19(15,16)10(11,12)13/h6-8H,5H2,1-4H3. The van der Waals surface area contributed by atoms with Crippen LogP contribution in [0.4, 0.5) is 13.2 Å². The lowest BCUT2D eigenvalue weighted by Crippen LogP contribution is -2.46. The predicted molar refractivity (Wildman–Crippen MR) is 61.0 cm³/mol. The van der Waals surface area contributed by atoms with Gasteiger partial charge in [-0.2, -0.15) is 13.2 Å². The van der Waals surface area contributed by atoms with E-state index in [1.807, 2.05) is 0 Å². The monoisotopic (exact) mass is 306 g/mol. The lowest BCUT2D eigenvalue weighted by atomic mass is 9.85. The molecule has 0 N–H and O–H groups in total. The van der Waals surface area contributed by atoms with Gasteiger partial charge in [0.05, 0.1) is 0 Å². The molecule has 0 spiro atoms. The number of sulfone groups is 1. The third-order valence-electron chi connectivity index (χ3n) is 2.77. The highest BCUT2D eigenvalue weighted by molar-refractivity contribution is 7.93. The van der Waals surface area contributed by atoms with Crippen LogP contribution in [0.3, 0.4) is 0 Å². The van der Waals surface area contributed by atoms with E-state index >= 15 is 0 Å². The SMILES string of the molecule is COC(CC(C)(C)C(C=O)S(=O)(=O)C(F)(F)F)OC. The number of halogens is 3. The van der Waals surface area contributed by atoms with Crippen LogP contribution in [0.15, 0.2) is 0 Å². The summed E-state index contributed by atoms with van der Waals surface area (Å²) in [7, 11) is -3.06. The molecular formula is C10H17F3O5S. The maximum atomic E-state index is 12.5. The first-order chi connectivity index (χ1) is 8.44. The van der Waals surface area contributed by atoms with Crippen molar-refractivity contribution >= 4 is 16.1 Å². The third kappa shape index (κ3) is 4.15. The Morgan fingerprint density at radius 1 is 1.16 bits per heavy atom.